The highest BCUT2D eigenvalue weighted by molar-refractivity contribution is 6.40. The topological polar surface area (TPSA) is 111 Å². The molecule has 39 heavy (non-hydrogen) atoms. The van der Waals surface area contributed by atoms with Crippen LogP contribution in [0.2, 0.25) is 20.1 Å². The largest absolute Gasteiger partial charge is 0.481 e. The van der Waals surface area contributed by atoms with Gasteiger partial charge in [-0.3, -0.25) is 4.79 Å². The zero-order valence-corrected chi connectivity index (χ0v) is 24.2. The Labute approximate surface area is 245 Å². The molecule has 0 spiro atoms. The number of rotatable bonds is 9. The van der Waals surface area contributed by atoms with Crippen molar-refractivity contribution in [2.45, 2.75) is 20.3 Å². The number of nitrogens with one attached hydrogen (secondary N) is 1. The van der Waals surface area contributed by atoms with Crippen molar-refractivity contribution in [3.05, 3.63) is 90.9 Å². The molecule has 8 nitrogen and oxygen atoms in total. The zero-order chi connectivity index (χ0) is 29.1. The number of esters is 2. The van der Waals surface area contributed by atoms with Crippen LogP contribution in [0.15, 0.2) is 48.5 Å². The molecule has 0 saturated heterocycles. The van der Waals surface area contributed by atoms with Crippen LogP contribution in [0.4, 0.5) is 11.4 Å². The van der Waals surface area contributed by atoms with Crippen molar-refractivity contribution in [3.8, 4) is 0 Å². The molecule has 0 heterocycles. The molecule has 3 aromatic rings. The van der Waals surface area contributed by atoms with Gasteiger partial charge in [-0.1, -0.05) is 64.6 Å². The molecule has 0 fully saturated rings. The fraction of sp³-hybridized carbons (Fsp3) is 0.222. The van der Waals surface area contributed by atoms with Crippen molar-refractivity contribution < 1.29 is 33.7 Å². The van der Waals surface area contributed by atoms with Crippen LogP contribution < -0.4 is 5.32 Å². The quantitative estimate of drug-likeness (QED) is 0.144. The van der Waals surface area contributed by atoms with Gasteiger partial charge in [-0.25, -0.2) is 9.59 Å². The first-order valence-electron chi connectivity index (χ1n) is 11.3. The number of benzene rings is 3. The van der Waals surface area contributed by atoms with E-state index in [1.807, 2.05) is 19.9 Å². The maximum atomic E-state index is 12.2. The summed E-state index contributed by atoms with van der Waals surface area (Å²) in [7, 11) is 1.21. The summed E-state index contributed by atoms with van der Waals surface area (Å²) in [5.74, 6) is -2.19. The summed E-state index contributed by atoms with van der Waals surface area (Å²) in [5, 5.41) is 13.0. The molecule has 0 unspecified atom stereocenters. The molecule has 0 saturated carbocycles. The van der Waals surface area contributed by atoms with Crippen LogP contribution in [-0.2, 0) is 25.4 Å². The molecular weight excluding hydrogens is 592 g/mol. The van der Waals surface area contributed by atoms with Crippen LogP contribution in [0.25, 0.3) is 0 Å². The van der Waals surface area contributed by atoms with Crippen LogP contribution in [0.5, 0.6) is 0 Å². The Balaban J connectivity index is 0.000000293. The minimum absolute atomic E-state index is 0.0155. The summed E-state index contributed by atoms with van der Waals surface area (Å²) in [5.41, 5.74) is 2.68. The third kappa shape index (κ3) is 9.02. The maximum Gasteiger partial charge on any atom is 0.342 e. The lowest BCUT2D eigenvalue weighted by molar-refractivity contribution is -0.136. The number of hydrogen-bond donors (Lipinski definition) is 2. The van der Waals surface area contributed by atoms with Gasteiger partial charge in [-0.15, -0.1) is 0 Å². The van der Waals surface area contributed by atoms with E-state index in [0.717, 1.165) is 5.56 Å². The van der Waals surface area contributed by atoms with E-state index in [1.54, 1.807) is 30.3 Å². The molecule has 12 heteroatoms. The van der Waals surface area contributed by atoms with Crippen LogP contribution in [-0.4, -0.2) is 43.5 Å². The average molecular weight is 617 g/mol. The normalized spacial score (nSPS) is 10.2. The summed E-state index contributed by atoms with van der Waals surface area (Å²) in [6, 6.07) is 13.4. The Morgan fingerprint density at radius 3 is 2.18 bits per heavy atom. The number of aliphatic carboxylic acids is 1. The average Bonchev–Trinajstić information content (AvgIpc) is 2.91. The van der Waals surface area contributed by atoms with Crippen LogP contribution >= 0.6 is 46.4 Å². The van der Waals surface area contributed by atoms with E-state index in [1.165, 1.54) is 19.2 Å². The number of carboxylic acids is 1. The Morgan fingerprint density at radius 1 is 0.872 bits per heavy atom. The smallest absolute Gasteiger partial charge is 0.342 e. The molecule has 0 amide bonds. The van der Waals surface area contributed by atoms with Gasteiger partial charge in [0.1, 0.15) is 0 Å². The number of carboxylic acid groups (broad SMARTS) is 1. The number of anilines is 2. The van der Waals surface area contributed by atoms with E-state index in [-0.39, 0.29) is 34.4 Å². The molecule has 0 radical (unpaired) electrons. The highest BCUT2D eigenvalue weighted by Crippen LogP contribution is 2.36. The van der Waals surface area contributed by atoms with E-state index in [9.17, 15) is 14.4 Å². The minimum Gasteiger partial charge on any atom is -0.481 e. The van der Waals surface area contributed by atoms with E-state index in [4.69, 9.17) is 61.0 Å². The number of ether oxygens (including phenoxy) is 3. The van der Waals surface area contributed by atoms with Crippen molar-refractivity contribution in [2.75, 3.05) is 25.8 Å². The van der Waals surface area contributed by atoms with E-state index < -0.39 is 17.9 Å². The van der Waals surface area contributed by atoms with Gasteiger partial charge in [0.05, 0.1) is 51.1 Å². The lowest BCUT2D eigenvalue weighted by Gasteiger charge is -2.15. The first kappa shape index (κ1) is 32.2. The van der Waals surface area contributed by atoms with E-state index >= 15 is 0 Å². The maximum absolute atomic E-state index is 12.2. The Hall–Kier alpha value is -3.01. The number of aryl methyl sites for hydroxylation is 1. The second-order valence-corrected chi connectivity index (χ2v) is 9.29. The SMILES string of the molecule is CCOCOC(=O)c1ccccc1Nc1c(Cl)ccc(C)c1Cl.COC(=O)c1ccc(Cl)c(CC(=O)O)c1Cl. The molecule has 0 aliphatic rings. The number of carbonyl (C=O) groups excluding carboxylic acids is 2. The summed E-state index contributed by atoms with van der Waals surface area (Å²) < 4.78 is 14.6. The number of halogens is 4. The molecule has 0 aromatic heterocycles. The second-order valence-electron chi connectivity index (χ2n) is 7.72. The number of hydrogen-bond acceptors (Lipinski definition) is 7. The van der Waals surface area contributed by atoms with Crippen molar-refractivity contribution >= 4 is 75.7 Å². The van der Waals surface area contributed by atoms with Crippen LogP contribution in [0.1, 0.15) is 38.8 Å². The van der Waals surface area contributed by atoms with Gasteiger partial charge in [0.2, 0.25) is 0 Å². The predicted molar refractivity (Wildman–Crippen MR) is 152 cm³/mol. The molecular formula is C27H25Cl4NO7. The molecule has 3 rings (SSSR count). The van der Waals surface area contributed by atoms with Crippen LogP contribution in [0, 0.1) is 6.92 Å². The van der Waals surface area contributed by atoms with Gasteiger partial charge < -0.3 is 24.6 Å². The van der Waals surface area contributed by atoms with Gasteiger partial charge in [-0.2, -0.15) is 0 Å². The molecule has 0 bridgehead atoms. The van der Waals surface area contributed by atoms with Gasteiger partial charge >= 0.3 is 17.9 Å². The van der Waals surface area contributed by atoms with Gasteiger partial charge in [0, 0.05) is 17.2 Å². The predicted octanol–water partition coefficient (Wildman–Crippen LogP) is 7.60. The van der Waals surface area contributed by atoms with Gasteiger partial charge in [-0.05, 0) is 49.7 Å². The standard InChI is InChI=1S/C17H17Cl2NO3.C10H8Cl2O4/c1-3-22-10-23-17(21)12-6-4-5-7-14(12)20-16-13(18)9-8-11(2)15(16)19;1-16-10(15)5-2-3-7(11)6(9(5)12)4-8(13)14/h4-9,20H,3,10H2,1-2H3;2-3H,4H2,1H3,(H,13,14). The van der Waals surface area contributed by atoms with Gasteiger partial charge in [0.25, 0.3) is 0 Å². The fourth-order valence-electron chi connectivity index (χ4n) is 3.11. The molecule has 208 valence electrons. The van der Waals surface area contributed by atoms with Crippen LogP contribution in [0.3, 0.4) is 0 Å². The first-order chi connectivity index (χ1) is 18.5. The van der Waals surface area contributed by atoms with E-state index in [0.29, 0.717) is 33.6 Å². The fourth-order valence-corrected chi connectivity index (χ4v) is 4.16. The third-order valence-corrected chi connectivity index (χ3v) is 6.68. The lowest BCUT2D eigenvalue weighted by atomic mass is 10.1. The second kappa shape index (κ2) is 15.5. The zero-order valence-electron chi connectivity index (χ0n) is 21.1. The summed E-state index contributed by atoms with van der Waals surface area (Å²) >= 11 is 24.2. The highest BCUT2D eigenvalue weighted by Gasteiger charge is 2.18. The molecule has 0 aliphatic carbocycles. The number of para-hydroxylation sites is 1. The molecule has 2 N–H and O–H groups in total. The van der Waals surface area contributed by atoms with Crippen molar-refractivity contribution in [3.63, 3.8) is 0 Å². The molecule has 0 aliphatic heterocycles. The Bertz CT molecular complexity index is 1350. The first-order valence-corrected chi connectivity index (χ1v) is 12.8. The summed E-state index contributed by atoms with van der Waals surface area (Å²) in [4.78, 5) is 34.0. The van der Waals surface area contributed by atoms with E-state index in [2.05, 4.69) is 10.1 Å². The van der Waals surface area contributed by atoms with Crippen molar-refractivity contribution in [2.24, 2.45) is 0 Å². The minimum atomic E-state index is -1.08. The summed E-state index contributed by atoms with van der Waals surface area (Å²) in [6.45, 7) is 4.09. The Kier molecular flexibility index (Phi) is 12.8. The highest BCUT2D eigenvalue weighted by atomic mass is 35.5. The third-order valence-electron chi connectivity index (χ3n) is 5.09. The number of methoxy groups -OCH3 is 1. The molecule has 0 atom stereocenters. The lowest BCUT2D eigenvalue weighted by Crippen LogP contribution is -2.11. The summed E-state index contributed by atoms with van der Waals surface area (Å²) in [6.07, 6.45) is -0.345. The molecule has 3 aromatic carbocycles. The van der Waals surface area contributed by atoms with Crippen molar-refractivity contribution in [1.82, 2.24) is 0 Å². The van der Waals surface area contributed by atoms with Gasteiger partial charge in [0.15, 0.2) is 6.79 Å². The monoisotopic (exact) mass is 615 g/mol. The Morgan fingerprint density at radius 2 is 1.54 bits per heavy atom. The van der Waals surface area contributed by atoms with Crippen molar-refractivity contribution in [1.29, 1.82) is 0 Å². The number of carbonyl (C=O) groups is 3.